The monoisotopic (exact) mass is 677 g/mol. The van der Waals surface area contributed by atoms with Crippen LogP contribution in [0.4, 0.5) is 0 Å². The highest BCUT2D eigenvalue weighted by Crippen LogP contribution is 2.40. The third kappa shape index (κ3) is 4.84. The molecule has 1 aromatic heterocycles. The maximum absolute atomic E-state index is 6.61. The molecule has 0 bridgehead atoms. The maximum atomic E-state index is 6.61. The quantitative estimate of drug-likeness (QED) is 0.189. The van der Waals surface area contributed by atoms with Crippen molar-refractivity contribution >= 4 is 76.7 Å². The number of para-hydroxylation sites is 1. The second-order valence-corrected chi connectivity index (χ2v) is 13.8. The molecule has 0 fully saturated rings. The minimum atomic E-state index is -0.348. The van der Waals surface area contributed by atoms with Crippen molar-refractivity contribution in [2.45, 2.75) is 6.17 Å². The highest BCUT2D eigenvalue weighted by atomic mass is 16.3. The summed E-state index contributed by atoms with van der Waals surface area (Å²) < 4.78 is 6.61. The summed E-state index contributed by atoms with van der Waals surface area (Å²) in [4.78, 5) is 10.6. The van der Waals surface area contributed by atoms with Gasteiger partial charge in [-0.3, -0.25) is 0 Å². The highest BCUT2D eigenvalue weighted by Gasteiger charge is 2.25. The number of hydrogen-bond acceptors (Lipinski definition) is 4. The second-order valence-electron chi connectivity index (χ2n) is 13.8. The lowest BCUT2D eigenvalue weighted by molar-refractivity contribution is 0.668. The average Bonchev–Trinajstić information content (AvgIpc) is 3.62. The number of nitrogens with one attached hydrogen (secondary N) is 1. The van der Waals surface area contributed by atoms with Crippen molar-refractivity contribution in [3.05, 3.63) is 193 Å². The third-order valence-electron chi connectivity index (χ3n) is 10.7. The first-order chi connectivity index (χ1) is 26.2. The van der Waals surface area contributed by atoms with Gasteiger partial charge in [0.1, 0.15) is 23.2 Å². The first-order valence-electron chi connectivity index (χ1n) is 18.0. The predicted octanol–water partition coefficient (Wildman–Crippen LogP) is 12.4. The Hall–Kier alpha value is -7.04. The molecule has 1 unspecified atom stereocenters. The molecule has 4 heteroatoms. The summed E-state index contributed by atoms with van der Waals surface area (Å²) in [5.74, 6) is 1.44. The summed E-state index contributed by atoms with van der Waals surface area (Å²) in [6, 6.07) is 62.2. The first-order valence-corrected chi connectivity index (χ1v) is 18.0. The van der Waals surface area contributed by atoms with Crippen molar-refractivity contribution in [2.24, 2.45) is 9.98 Å². The SMILES string of the molecule is c1ccc(C2=NC(c3cc(-c4ccc5c6ccccc6c6ccccc6c5c4)cc4oc5ccccc5c34)=NC(c3ccc4ccccc4c3)N2)cc1. The fraction of sp³-hybridized carbons (Fsp3) is 0.0204. The number of nitrogens with zero attached hydrogens (tertiary/aromatic N) is 2. The number of fused-ring (bicyclic) bond motifs is 10. The Balaban J connectivity index is 1.16. The van der Waals surface area contributed by atoms with Gasteiger partial charge in [0.15, 0.2) is 5.84 Å². The first kappa shape index (κ1) is 29.7. The van der Waals surface area contributed by atoms with E-state index in [2.05, 4.69) is 151 Å². The number of rotatable bonds is 4. The van der Waals surface area contributed by atoms with Crippen molar-refractivity contribution in [3.63, 3.8) is 0 Å². The lowest BCUT2D eigenvalue weighted by Crippen LogP contribution is -2.33. The van der Waals surface area contributed by atoms with Gasteiger partial charge in [-0.2, -0.15) is 0 Å². The van der Waals surface area contributed by atoms with Gasteiger partial charge in [-0.25, -0.2) is 9.98 Å². The van der Waals surface area contributed by atoms with E-state index in [1.54, 1.807) is 0 Å². The zero-order valence-electron chi connectivity index (χ0n) is 28.6. The van der Waals surface area contributed by atoms with Gasteiger partial charge < -0.3 is 9.73 Å². The van der Waals surface area contributed by atoms with Crippen LogP contribution in [0.1, 0.15) is 22.9 Å². The van der Waals surface area contributed by atoms with E-state index in [0.29, 0.717) is 5.84 Å². The summed E-state index contributed by atoms with van der Waals surface area (Å²) in [5, 5.41) is 15.6. The van der Waals surface area contributed by atoms with Gasteiger partial charge in [0.05, 0.1) is 0 Å². The predicted molar refractivity (Wildman–Crippen MR) is 221 cm³/mol. The molecule has 4 nitrogen and oxygen atoms in total. The van der Waals surface area contributed by atoms with Gasteiger partial charge in [-0.1, -0.05) is 146 Å². The molecule has 1 aliphatic heterocycles. The molecule has 0 aliphatic carbocycles. The van der Waals surface area contributed by atoms with Crippen LogP contribution in [0.3, 0.4) is 0 Å². The Morgan fingerprint density at radius 3 is 1.85 bits per heavy atom. The number of aliphatic imine (C=N–C) groups is 2. The molecule has 0 spiro atoms. The van der Waals surface area contributed by atoms with Gasteiger partial charge in [0.25, 0.3) is 0 Å². The zero-order chi connectivity index (χ0) is 34.9. The molecular weight excluding hydrogens is 647 g/mol. The molecule has 9 aromatic carbocycles. The van der Waals surface area contributed by atoms with Gasteiger partial charge in [-0.15, -0.1) is 0 Å². The Bertz CT molecular complexity index is 3120. The molecule has 0 saturated carbocycles. The number of hydrogen-bond donors (Lipinski definition) is 1. The van der Waals surface area contributed by atoms with E-state index in [1.165, 1.54) is 43.1 Å². The van der Waals surface area contributed by atoms with Crippen LogP contribution in [-0.2, 0) is 0 Å². The Morgan fingerprint density at radius 2 is 1.08 bits per heavy atom. The molecular formula is C49H31N3O. The Morgan fingerprint density at radius 1 is 0.434 bits per heavy atom. The fourth-order valence-corrected chi connectivity index (χ4v) is 8.15. The summed E-state index contributed by atoms with van der Waals surface area (Å²) in [7, 11) is 0. The largest absolute Gasteiger partial charge is 0.456 e. The van der Waals surface area contributed by atoms with Gasteiger partial charge in [0, 0.05) is 21.9 Å². The number of amidine groups is 2. The van der Waals surface area contributed by atoms with E-state index in [-0.39, 0.29) is 6.17 Å². The second kappa shape index (κ2) is 11.8. The summed E-state index contributed by atoms with van der Waals surface area (Å²) in [6.45, 7) is 0. The zero-order valence-corrected chi connectivity index (χ0v) is 28.6. The topological polar surface area (TPSA) is 49.9 Å². The Labute approximate surface area is 305 Å². The molecule has 1 aliphatic rings. The van der Waals surface area contributed by atoms with Crippen molar-refractivity contribution in [3.8, 4) is 11.1 Å². The molecule has 0 saturated heterocycles. The van der Waals surface area contributed by atoms with Crippen LogP contribution >= 0.6 is 0 Å². The van der Waals surface area contributed by atoms with E-state index in [4.69, 9.17) is 14.4 Å². The van der Waals surface area contributed by atoms with Gasteiger partial charge in [0.2, 0.25) is 0 Å². The molecule has 1 atom stereocenters. The molecule has 11 rings (SSSR count). The van der Waals surface area contributed by atoms with Crippen LogP contribution in [0.5, 0.6) is 0 Å². The van der Waals surface area contributed by atoms with Crippen LogP contribution in [0.2, 0.25) is 0 Å². The van der Waals surface area contributed by atoms with E-state index in [0.717, 1.165) is 55.6 Å². The van der Waals surface area contributed by atoms with E-state index >= 15 is 0 Å². The van der Waals surface area contributed by atoms with Gasteiger partial charge in [-0.05, 0) is 90.1 Å². The van der Waals surface area contributed by atoms with E-state index in [1.807, 2.05) is 30.3 Å². The van der Waals surface area contributed by atoms with Crippen LogP contribution in [0, 0.1) is 0 Å². The van der Waals surface area contributed by atoms with E-state index in [9.17, 15) is 0 Å². The minimum Gasteiger partial charge on any atom is -0.456 e. The van der Waals surface area contributed by atoms with Crippen molar-refractivity contribution in [2.75, 3.05) is 0 Å². The molecule has 10 aromatic rings. The smallest absolute Gasteiger partial charge is 0.160 e. The lowest BCUT2D eigenvalue weighted by Gasteiger charge is -2.24. The average molecular weight is 678 g/mol. The molecule has 53 heavy (non-hydrogen) atoms. The lowest BCUT2D eigenvalue weighted by atomic mass is 9.91. The number of benzene rings is 9. The molecule has 0 radical (unpaired) electrons. The molecule has 0 amide bonds. The normalized spacial score (nSPS) is 14.6. The molecule has 248 valence electrons. The molecule has 1 N–H and O–H groups in total. The standard InChI is InChI=1S/C49H31N3O/c1-2-13-31(14-3-1)47-50-48(34-23-22-30-12-4-5-15-32(30)26-34)52-49(51-47)43-28-35(29-45-46(43)41-20-10-11-21-44(41)53-45)33-24-25-40-38-18-7-6-16-36(38)37-17-8-9-19-39(37)42(40)27-33/h1-29,48H,(H,50,51,52). The maximum Gasteiger partial charge on any atom is 0.160 e. The van der Waals surface area contributed by atoms with Crippen molar-refractivity contribution < 1.29 is 4.42 Å². The summed E-state index contributed by atoms with van der Waals surface area (Å²) in [6.07, 6.45) is -0.348. The third-order valence-corrected chi connectivity index (χ3v) is 10.7. The minimum absolute atomic E-state index is 0.348. The Kier molecular flexibility index (Phi) is 6.58. The van der Waals surface area contributed by atoms with Crippen molar-refractivity contribution in [1.29, 1.82) is 0 Å². The highest BCUT2D eigenvalue weighted by molar-refractivity contribution is 6.26. The van der Waals surface area contributed by atoms with Crippen LogP contribution in [-0.4, -0.2) is 11.7 Å². The summed E-state index contributed by atoms with van der Waals surface area (Å²) >= 11 is 0. The van der Waals surface area contributed by atoms with Crippen LogP contribution in [0.25, 0.3) is 76.2 Å². The fourth-order valence-electron chi connectivity index (χ4n) is 8.15. The van der Waals surface area contributed by atoms with E-state index < -0.39 is 0 Å². The van der Waals surface area contributed by atoms with Crippen LogP contribution < -0.4 is 5.32 Å². The van der Waals surface area contributed by atoms with Crippen LogP contribution in [0.15, 0.2) is 190 Å². The van der Waals surface area contributed by atoms with Gasteiger partial charge >= 0.3 is 0 Å². The number of furan rings is 1. The molecule has 2 heterocycles. The summed E-state index contributed by atoms with van der Waals surface area (Å²) in [5.41, 5.74) is 6.81. The van der Waals surface area contributed by atoms with Crippen molar-refractivity contribution in [1.82, 2.24) is 5.32 Å².